The van der Waals surface area contributed by atoms with E-state index in [1.165, 1.54) is 0 Å². The van der Waals surface area contributed by atoms with Gasteiger partial charge in [-0.15, -0.1) is 0 Å². The second-order valence-corrected chi connectivity index (χ2v) is 5.01. The molecular formula is C12H13BrFNO. The minimum absolute atomic E-state index is 0.133. The van der Waals surface area contributed by atoms with Crippen LogP contribution in [0.5, 0.6) is 0 Å². The van der Waals surface area contributed by atoms with Crippen molar-refractivity contribution < 1.29 is 9.13 Å². The Morgan fingerprint density at radius 1 is 1.50 bits per heavy atom. The van der Waals surface area contributed by atoms with E-state index in [9.17, 15) is 4.39 Å². The molecule has 0 N–H and O–H groups in total. The molecule has 1 aromatic carbocycles. The molecule has 0 fully saturated rings. The summed E-state index contributed by atoms with van der Waals surface area (Å²) in [6.07, 6.45) is 0. The average Bonchev–Trinajstić information content (AvgIpc) is 2.71. The van der Waals surface area contributed by atoms with Crippen molar-refractivity contribution in [2.24, 2.45) is 10.9 Å². The molecule has 1 heterocycles. The lowest BCUT2D eigenvalue weighted by molar-refractivity contribution is 0.291. The maximum atomic E-state index is 13.8. The number of ether oxygens (including phenoxy) is 1. The lowest BCUT2D eigenvalue weighted by atomic mass is 10.1. The van der Waals surface area contributed by atoms with Crippen LogP contribution in [-0.4, -0.2) is 18.5 Å². The third-order valence-corrected chi connectivity index (χ3v) is 3.24. The molecule has 0 saturated heterocycles. The summed E-state index contributed by atoms with van der Waals surface area (Å²) in [7, 11) is 0. The van der Waals surface area contributed by atoms with E-state index in [1.54, 1.807) is 18.2 Å². The summed E-state index contributed by atoms with van der Waals surface area (Å²) in [6, 6.07) is 5.25. The second kappa shape index (κ2) is 4.53. The van der Waals surface area contributed by atoms with Gasteiger partial charge in [-0.1, -0.05) is 19.9 Å². The van der Waals surface area contributed by atoms with Crippen LogP contribution in [0.15, 0.2) is 27.7 Å². The number of hydrogen-bond donors (Lipinski definition) is 0. The molecule has 0 aliphatic carbocycles. The molecule has 4 heteroatoms. The highest BCUT2D eigenvalue weighted by Gasteiger charge is 2.24. The molecule has 0 aromatic heterocycles. The first-order valence-corrected chi connectivity index (χ1v) is 6.04. The van der Waals surface area contributed by atoms with Crippen LogP contribution in [0.2, 0.25) is 0 Å². The van der Waals surface area contributed by atoms with Gasteiger partial charge in [0.15, 0.2) is 0 Å². The fourth-order valence-corrected chi connectivity index (χ4v) is 1.91. The maximum absolute atomic E-state index is 13.8. The van der Waals surface area contributed by atoms with Crippen molar-refractivity contribution >= 4 is 21.8 Å². The fraction of sp³-hybridized carbons (Fsp3) is 0.417. The average molecular weight is 286 g/mol. The Balaban J connectivity index is 2.32. The summed E-state index contributed by atoms with van der Waals surface area (Å²) in [5.74, 6) is 0.510. The van der Waals surface area contributed by atoms with Crippen molar-refractivity contribution in [2.75, 3.05) is 6.61 Å². The Bertz CT molecular complexity index is 431. The molecular weight excluding hydrogens is 273 g/mol. The van der Waals surface area contributed by atoms with Crippen molar-refractivity contribution in [3.63, 3.8) is 0 Å². The van der Waals surface area contributed by atoms with E-state index in [1.807, 2.05) is 0 Å². The highest BCUT2D eigenvalue weighted by Crippen LogP contribution is 2.23. The zero-order chi connectivity index (χ0) is 11.7. The van der Waals surface area contributed by atoms with Crippen LogP contribution in [0.4, 0.5) is 4.39 Å². The van der Waals surface area contributed by atoms with Crippen LogP contribution in [0, 0.1) is 11.7 Å². The minimum atomic E-state index is -0.314. The summed E-state index contributed by atoms with van der Waals surface area (Å²) >= 11 is 3.15. The van der Waals surface area contributed by atoms with Crippen molar-refractivity contribution in [3.8, 4) is 0 Å². The lowest BCUT2D eigenvalue weighted by Gasteiger charge is -2.06. The topological polar surface area (TPSA) is 21.6 Å². The molecule has 1 aliphatic rings. The van der Waals surface area contributed by atoms with Gasteiger partial charge in [0.2, 0.25) is 5.90 Å². The van der Waals surface area contributed by atoms with Crippen molar-refractivity contribution in [1.29, 1.82) is 0 Å². The molecule has 0 amide bonds. The predicted molar refractivity (Wildman–Crippen MR) is 65.2 cm³/mol. The first kappa shape index (κ1) is 11.6. The Hall–Kier alpha value is -0.900. The first-order valence-electron chi connectivity index (χ1n) is 5.24. The lowest BCUT2D eigenvalue weighted by Crippen LogP contribution is -2.13. The van der Waals surface area contributed by atoms with Crippen LogP contribution in [0.3, 0.4) is 0 Å². The summed E-state index contributed by atoms with van der Waals surface area (Å²) < 4.78 is 19.6. The monoisotopic (exact) mass is 285 g/mol. The summed E-state index contributed by atoms with van der Waals surface area (Å²) in [5.41, 5.74) is 0.428. The van der Waals surface area contributed by atoms with Crippen LogP contribution in [0.25, 0.3) is 0 Å². The summed E-state index contributed by atoms with van der Waals surface area (Å²) in [4.78, 5) is 4.39. The zero-order valence-electron chi connectivity index (χ0n) is 9.21. The molecule has 2 rings (SSSR count). The first-order chi connectivity index (χ1) is 7.59. The van der Waals surface area contributed by atoms with E-state index in [0.717, 1.165) is 0 Å². The molecule has 1 aliphatic heterocycles. The molecule has 16 heavy (non-hydrogen) atoms. The highest BCUT2D eigenvalue weighted by molar-refractivity contribution is 9.10. The van der Waals surface area contributed by atoms with E-state index in [-0.39, 0.29) is 11.9 Å². The van der Waals surface area contributed by atoms with Gasteiger partial charge in [0.05, 0.1) is 16.1 Å². The van der Waals surface area contributed by atoms with E-state index in [2.05, 4.69) is 34.8 Å². The van der Waals surface area contributed by atoms with E-state index in [0.29, 0.717) is 28.5 Å². The van der Waals surface area contributed by atoms with Gasteiger partial charge in [-0.05, 0) is 34.0 Å². The summed E-state index contributed by atoms with van der Waals surface area (Å²) in [6.45, 7) is 4.70. The van der Waals surface area contributed by atoms with Gasteiger partial charge in [-0.2, -0.15) is 0 Å². The molecule has 1 atom stereocenters. The second-order valence-electron chi connectivity index (χ2n) is 4.16. The van der Waals surface area contributed by atoms with E-state index in [4.69, 9.17) is 4.74 Å². The molecule has 1 aromatic rings. The van der Waals surface area contributed by atoms with Gasteiger partial charge in [-0.25, -0.2) is 9.38 Å². The standard InChI is InChI=1S/C12H13BrFNO/c1-7(2)10-6-16-12(15-10)8-4-3-5-9(13)11(8)14/h3-5,7,10H,6H2,1-2H3/t10-/m0/s1. The van der Waals surface area contributed by atoms with Crippen molar-refractivity contribution in [3.05, 3.63) is 34.1 Å². The van der Waals surface area contributed by atoms with E-state index < -0.39 is 0 Å². The van der Waals surface area contributed by atoms with Crippen LogP contribution >= 0.6 is 15.9 Å². The van der Waals surface area contributed by atoms with Gasteiger partial charge in [0, 0.05) is 0 Å². The molecule has 2 nitrogen and oxygen atoms in total. The van der Waals surface area contributed by atoms with Crippen LogP contribution < -0.4 is 0 Å². The predicted octanol–water partition coefficient (Wildman–Crippen LogP) is 3.39. The van der Waals surface area contributed by atoms with Gasteiger partial charge in [0.1, 0.15) is 12.4 Å². The maximum Gasteiger partial charge on any atom is 0.219 e. The number of rotatable bonds is 2. The Morgan fingerprint density at radius 2 is 2.25 bits per heavy atom. The fourth-order valence-electron chi connectivity index (χ4n) is 1.55. The largest absolute Gasteiger partial charge is 0.475 e. The van der Waals surface area contributed by atoms with Gasteiger partial charge in [0.25, 0.3) is 0 Å². The number of nitrogens with zero attached hydrogens (tertiary/aromatic N) is 1. The normalized spacial score (nSPS) is 19.8. The van der Waals surface area contributed by atoms with E-state index >= 15 is 0 Å². The molecule has 0 saturated carbocycles. The third-order valence-electron chi connectivity index (χ3n) is 2.63. The molecule has 0 bridgehead atoms. The number of aliphatic imine (C=N–C) groups is 1. The number of halogens is 2. The highest BCUT2D eigenvalue weighted by atomic mass is 79.9. The SMILES string of the molecule is CC(C)[C@@H]1COC(c2cccc(Br)c2F)=N1. The summed E-state index contributed by atoms with van der Waals surface area (Å²) in [5, 5.41) is 0. The number of benzene rings is 1. The van der Waals surface area contributed by atoms with Crippen molar-refractivity contribution in [1.82, 2.24) is 0 Å². The molecule has 0 unspecified atom stereocenters. The smallest absolute Gasteiger partial charge is 0.219 e. The Labute approximate surface area is 103 Å². The Kier molecular flexibility index (Phi) is 3.28. The van der Waals surface area contributed by atoms with Gasteiger partial charge in [-0.3, -0.25) is 0 Å². The van der Waals surface area contributed by atoms with Crippen LogP contribution in [-0.2, 0) is 4.74 Å². The van der Waals surface area contributed by atoms with Crippen LogP contribution in [0.1, 0.15) is 19.4 Å². The quantitative estimate of drug-likeness (QED) is 0.816. The van der Waals surface area contributed by atoms with Gasteiger partial charge < -0.3 is 4.74 Å². The molecule has 0 spiro atoms. The number of hydrogen-bond acceptors (Lipinski definition) is 2. The third kappa shape index (κ3) is 2.12. The molecule has 86 valence electrons. The van der Waals surface area contributed by atoms with Gasteiger partial charge >= 0.3 is 0 Å². The Morgan fingerprint density at radius 3 is 2.88 bits per heavy atom. The van der Waals surface area contributed by atoms with Crippen molar-refractivity contribution in [2.45, 2.75) is 19.9 Å². The zero-order valence-corrected chi connectivity index (χ0v) is 10.8. The minimum Gasteiger partial charge on any atom is -0.475 e. The molecule has 0 radical (unpaired) electrons.